The average molecular weight is 537 g/mol. The van der Waals surface area contributed by atoms with Gasteiger partial charge in [-0.3, -0.25) is 0 Å². The number of benzene rings is 1. The van der Waals surface area contributed by atoms with Crippen LogP contribution in [0.3, 0.4) is 0 Å². The van der Waals surface area contributed by atoms with Gasteiger partial charge in [-0.25, -0.2) is 9.97 Å². The monoisotopic (exact) mass is 537 g/mol. The Labute approximate surface area is 176 Å². The minimum atomic E-state index is 0. The van der Waals surface area contributed by atoms with Gasteiger partial charge in [0.15, 0.2) is 5.82 Å². The van der Waals surface area contributed by atoms with Crippen molar-refractivity contribution in [2.75, 3.05) is 0 Å². The predicted molar refractivity (Wildman–Crippen MR) is 107 cm³/mol. The summed E-state index contributed by atoms with van der Waals surface area (Å²) in [5.41, 5.74) is 4.06. The van der Waals surface area contributed by atoms with Crippen LogP contribution in [0.2, 0.25) is 0 Å². The third kappa shape index (κ3) is 6.64. The van der Waals surface area contributed by atoms with E-state index in [9.17, 15) is 0 Å². The molecule has 1 aromatic carbocycles. The molecule has 0 bridgehead atoms. The summed E-state index contributed by atoms with van der Waals surface area (Å²) in [4.78, 5) is 13.6. The number of aryl methyl sites for hydroxylation is 1. The molecule has 4 heteroatoms. The van der Waals surface area contributed by atoms with Gasteiger partial charge in [0.05, 0.1) is 0 Å². The van der Waals surface area contributed by atoms with Crippen LogP contribution in [0.5, 0.6) is 0 Å². The third-order valence-electron chi connectivity index (χ3n) is 4.53. The molecule has 1 radical (unpaired) electrons. The number of rotatable bonds is 9. The van der Waals surface area contributed by atoms with Crippen LogP contribution in [0.4, 0.5) is 0 Å². The van der Waals surface area contributed by atoms with Gasteiger partial charge in [-0.05, 0) is 24.1 Å². The van der Waals surface area contributed by atoms with Gasteiger partial charge < -0.3 is 4.98 Å². The van der Waals surface area contributed by atoms with Crippen molar-refractivity contribution in [1.82, 2.24) is 15.0 Å². The molecule has 3 rings (SSSR count). The molecule has 0 unspecified atom stereocenters. The van der Waals surface area contributed by atoms with E-state index in [1.807, 2.05) is 55.0 Å². The fraction of sp³-hybridized carbons (Fsp3) is 0.348. The Balaban J connectivity index is 0.00000261. The van der Waals surface area contributed by atoms with Gasteiger partial charge in [0, 0.05) is 44.3 Å². The summed E-state index contributed by atoms with van der Waals surface area (Å²) in [6, 6.07) is 15.1. The maximum Gasteiger partial charge on any atom is 0.160 e. The van der Waals surface area contributed by atoms with Crippen LogP contribution in [-0.2, 0) is 26.5 Å². The topological polar surface area (TPSA) is 38.7 Å². The summed E-state index contributed by atoms with van der Waals surface area (Å²) in [5.74, 6) is 0.729. The number of hydrogen-bond acceptors (Lipinski definition) is 3. The SMILES string of the molecule is CCCCCCCCc1cnc(-c2ccc(-c3[c-]cccc3)nc2)nc1.[Ir]. The summed E-state index contributed by atoms with van der Waals surface area (Å²) in [5, 5.41) is 0. The largest absolute Gasteiger partial charge is 0.304 e. The van der Waals surface area contributed by atoms with E-state index in [-0.39, 0.29) is 20.1 Å². The molecular formula is C23H26IrN3-. The van der Waals surface area contributed by atoms with E-state index in [4.69, 9.17) is 0 Å². The predicted octanol–water partition coefficient (Wildman–Crippen LogP) is 5.91. The first-order chi connectivity index (χ1) is 12.9. The number of unbranched alkanes of at least 4 members (excludes halogenated alkanes) is 5. The van der Waals surface area contributed by atoms with E-state index in [2.05, 4.69) is 27.9 Å². The average Bonchev–Trinajstić information content (AvgIpc) is 2.72. The van der Waals surface area contributed by atoms with Gasteiger partial charge in [0.2, 0.25) is 0 Å². The zero-order valence-corrected chi connectivity index (χ0v) is 18.2. The zero-order valence-electron chi connectivity index (χ0n) is 15.8. The Bertz CT molecular complexity index is 771. The third-order valence-corrected chi connectivity index (χ3v) is 4.53. The van der Waals surface area contributed by atoms with Crippen LogP contribution < -0.4 is 0 Å². The molecule has 3 aromatic rings. The Morgan fingerprint density at radius 3 is 2.26 bits per heavy atom. The first-order valence-electron chi connectivity index (χ1n) is 9.61. The fourth-order valence-electron chi connectivity index (χ4n) is 2.98. The molecule has 0 amide bonds. The van der Waals surface area contributed by atoms with E-state index >= 15 is 0 Å². The molecule has 0 fully saturated rings. The normalized spacial score (nSPS) is 10.4. The number of nitrogens with zero attached hydrogens (tertiary/aromatic N) is 3. The molecule has 0 N–H and O–H groups in total. The van der Waals surface area contributed by atoms with Crippen molar-refractivity contribution < 1.29 is 20.1 Å². The smallest absolute Gasteiger partial charge is 0.160 e. The maximum absolute atomic E-state index is 4.52. The number of pyridine rings is 1. The Morgan fingerprint density at radius 1 is 0.815 bits per heavy atom. The Morgan fingerprint density at radius 2 is 1.59 bits per heavy atom. The summed E-state index contributed by atoms with van der Waals surface area (Å²) >= 11 is 0. The van der Waals surface area contributed by atoms with Crippen molar-refractivity contribution in [3.05, 3.63) is 66.6 Å². The maximum atomic E-state index is 4.52. The Hall–Kier alpha value is -1.90. The van der Waals surface area contributed by atoms with E-state index in [1.54, 1.807) is 0 Å². The van der Waals surface area contributed by atoms with Crippen LogP contribution in [0, 0.1) is 6.07 Å². The van der Waals surface area contributed by atoms with Crippen molar-refractivity contribution in [3.8, 4) is 22.6 Å². The Kier molecular flexibility index (Phi) is 9.30. The quantitative estimate of drug-likeness (QED) is 0.252. The molecule has 0 saturated heterocycles. The molecule has 143 valence electrons. The van der Waals surface area contributed by atoms with E-state index < -0.39 is 0 Å². The minimum Gasteiger partial charge on any atom is -0.304 e. The second-order valence-corrected chi connectivity index (χ2v) is 6.64. The zero-order chi connectivity index (χ0) is 18.0. The van der Waals surface area contributed by atoms with Gasteiger partial charge in [0.25, 0.3) is 0 Å². The summed E-state index contributed by atoms with van der Waals surface area (Å²) in [6.07, 6.45) is 14.7. The molecule has 3 nitrogen and oxygen atoms in total. The summed E-state index contributed by atoms with van der Waals surface area (Å²) < 4.78 is 0. The van der Waals surface area contributed by atoms with Crippen molar-refractivity contribution in [2.24, 2.45) is 0 Å². The van der Waals surface area contributed by atoms with Crippen molar-refractivity contribution >= 4 is 0 Å². The second kappa shape index (κ2) is 11.7. The standard InChI is InChI=1S/C23H26N3.Ir/c1-2-3-4-5-6-8-11-19-16-25-23(26-17-19)21-14-15-22(24-18-21)20-12-9-7-10-13-20;/h7,9-10,12,14-18H,2-6,8,11H2,1H3;/q-1;. The van der Waals surface area contributed by atoms with Crippen LogP contribution in [-0.4, -0.2) is 15.0 Å². The van der Waals surface area contributed by atoms with E-state index in [0.29, 0.717) is 0 Å². The minimum absolute atomic E-state index is 0. The molecular weight excluding hydrogens is 510 g/mol. The van der Waals surface area contributed by atoms with Gasteiger partial charge in [0.1, 0.15) is 0 Å². The molecule has 0 atom stereocenters. The van der Waals surface area contributed by atoms with E-state index in [1.165, 1.54) is 44.1 Å². The summed E-state index contributed by atoms with van der Waals surface area (Å²) in [6.45, 7) is 2.25. The molecule has 0 aliphatic carbocycles. The number of hydrogen-bond donors (Lipinski definition) is 0. The number of aromatic nitrogens is 3. The molecule has 27 heavy (non-hydrogen) atoms. The van der Waals surface area contributed by atoms with Crippen molar-refractivity contribution in [2.45, 2.75) is 51.9 Å². The van der Waals surface area contributed by atoms with Crippen LogP contribution >= 0.6 is 0 Å². The van der Waals surface area contributed by atoms with Gasteiger partial charge >= 0.3 is 0 Å². The van der Waals surface area contributed by atoms with Gasteiger partial charge in [-0.1, -0.05) is 51.2 Å². The molecule has 0 spiro atoms. The van der Waals surface area contributed by atoms with Crippen molar-refractivity contribution in [3.63, 3.8) is 0 Å². The fourth-order valence-corrected chi connectivity index (χ4v) is 2.98. The molecule has 2 aromatic heterocycles. The van der Waals surface area contributed by atoms with E-state index in [0.717, 1.165) is 29.1 Å². The van der Waals surface area contributed by atoms with Crippen LogP contribution in [0.15, 0.2) is 55.0 Å². The molecule has 2 heterocycles. The molecule has 0 aliphatic heterocycles. The van der Waals surface area contributed by atoms with Crippen molar-refractivity contribution in [1.29, 1.82) is 0 Å². The van der Waals surface area contributed by atoms with Gasteiger partial charge in [-0.15, -0.1) is 35.9 Å². The second-order valence-electron chi connectivity index (χ2n) is 6.64. The first kappa shape index (κ1) is 21.4. The van der Waals surface area contributed by atoms with Gasteiger partial charge in [-0.2, -0.15) is 0 Å². The molecule has 0 aliphatic rings. The van der Waals surface area contributed by atoms with Crippen LogP contribution in [0.1, 0.15) is 51.0 Å². The first-order valence-corrected chi connectivity index (χ1v) is 9.61. The summed E-state index contributed by atoms with van der Waals surface area (Å²) in [7, 11) is 0. The molecule has 0 saturated carbocycles. The van der Waals surface area contributed by atoms with Crippen LogP contribution in [0.25, 0.3) is 22.6 Å².